The molecular weight excluding hydrogens is 226 g/mol. The van der Waals surface area contributed by atoms with Crippen LogP contribution in [0.4, 0.5) is 0 Å². The van der Waals surface area contributed by atoms with Gasteiger partial charge in [0.05, 0.1) is 0 Å². The van der Waals surface area contributed by atoms with Gasteiger partial charge in [-0.2, -0.15) is 0 Å². The number of benzene rings is 1. The van der Waals surface area contributed by atoms with E-state index in [9.17, 15) is 0 Å². The molecule has 1 saturated carbocycles. The Morgan fingerprint density at radius 1 is 1.35 bits per heavy atom. The minimum atomic E-state index is 0.710. The predicted molar refractivity (Wildman–Crippen MR) is 74.7 cm³/mol. The van der Waals surface area contributed by atoms with Gasteiger partial charge in [-0.15, -0.1) is 11.8 Å². The Hall–Kier alpha value is -0.470. The quantitative estimate of drug-likeness (QED) is 0.871. The lowest BCUT2D eigenvalue weighted by Gasteiger charge is -2.32. The Balaban J connectivity index is 1.56. The van der Waals surface area contributed by atoms with E-state index in [4.69, 9.17) is 0 Å². The second kappa shape index (κ2) is 5.03. The molecular formula is C15H21NS. The Labute approximate surface area is 108 Å². The molecule has 0 radical (unpaired) electrons. The fourth-order valence-electron chi connectivity index (χ4n) is 2.83. The minimum Gasteiger partial charge on any atom is -0.313 e. The maximum atomic E-state index is 3.75. The molecule has 1 aromatic rings. The maximum Gasteiger partial charge on any atom is 0.0108 e. The number of rotatable bonds is 4. The lowest BCUT2D eigenvalue weighted by Crippen LogP contribution is -2.39. The third-order valence-corrected chi connectivity index (χ3v) is 5.59. The number of nitrogens with one attached hydrogen (secondary N) is 1. The first kappa shape index (κ1) is 11.6. The van der Waals surface area contributed by atoms with Crippen LogP contribution in [0.2, 0.25) is 0 Å². The molecule has 0 aromatic heterocycles. The molecule has 2 atom stereocenters. The predicted octanol–water partition coefficient (Wildman–Crippen LogP) is 3.65. The molecule has 1 heterocycles. The van der Waals surface area contributed by atoms with E-state index in [2.05, 4.69) is 36.5 Å². The zero-order valence-electron chi connectivity index (χ0n) is 10.5. The monoisotopic (exact) mass is 247 g/mol. The Morgan fingerprint density at radius 3 is 2.94 bits per heavy atom. The smallest absolute Gasteiger partial charge is 0.0108 e. The molecule has 1 N–H and O–H groups in total. The summed E-state index contributed by atoms with van der Waals surface area (Å²) in [6, 6.07) is 9.60. The maximum absolute atomic E-state index is 3.75. The second-order valence-electron chi connectivity index (χ2n) is 5.43. The van der Waals surface area contributed by atoms with Crippen molar-refractivity contribution >= 4 is 11.8 Å². The van der Waals surface area contributed by atoms with E-state index in [-0.39, 0.29) is 0 Å². The largest absolute Gasteiger partial charge is 0.313 e. The summed E-state index contributed by atoms with van der Waals surface area (Å²) in [6.07, 6.45) is 4.31. The average Bonchev–Trinajstić information content (AvgIpc) is 2.67. The summed E-state index contributed by atoms with van der Waals surface area (Å²) in [4.78, 5) is 1.50. The van der Waals surface area contributed by atoms with Crippen LogP contribution < -0.4 is 5.32 Å². The molecule has 0 amide bonds. The van der Waals surface area contributed by atoms with Gasteiger partial charge in [0.15, 0.2) is 0 Å². The van der Waals surface area contributed by atoms with Gasteiger partial charge in [-0.05, 0) is 37.3 Å². The highest BCUT2D eigenvalue weighted by Gasteiger charge is 2.26. The lowest BCUT2D eigenvalue weighted by atomic mass is 9.80. The van der Waals surface area contributed by atoms with Crippen LogP contribution in [0.25, 0.3) is 0 Å². The fourth-order valence-corrected chi connectivity index (χ4v) is 4.09. The Bertz CT molecular complexity index is 386. The molecule has 92 valence electrons. The van der Waals surface area contributed by atoms with Crippen LogP contribution in [-0.2, 0) is 0 Å². The summed E-state index contributed by atoms with van der Waals surface area (Å²) in [5.74, 6) is 2.92. The van der Waals surface area contributed by atoms with Crippen LogP contribution in [0.3, 0.4) is 0 Å². The average molecular weight is 247 g/mol. The number of fused-ring (bicyclic) bond motifs is 1. The minimum absolute atomic E-state index is 0.710. The van der Waals surface area contributed by atoms with E-state index >= 15 is 0 Å². The first-order valence-corrected chi connectivity index (χ1v) is 7.78. The summed E-state index contributed by atoms with van der Waals surface area (Å²) in [5, 5.41) is 3.75. The molecule has 2 unspecified atom stereocenters. The topological polar surface area (TPSA) is 12.0 Å². The van der Waals surface area contributed by atoms with Crippen molar-refractivity contribution in [2.75, 3.05) is 12.3 Å². The summed E-state index contributed by atoms with van der Waals surface area (Å²) in [5.41, 5.74) is 1.56. The molecule has 2 heteroatoms. The molecule has 1 nitrogen and oxygen atoms in total. The van der Waals surface area contributed by atoms with E-state index in [0.29, 0.717) is 6.04 Å². The fraction of sp³-hybridized carbons (Fsp3) is 0.600. The van der Waals surface area contributed by atoms with E-state index in [0.717, 1.165) is 18.4 Å². The van der Waals surface area contributed by atoms with Gasteiger partial charge in [0.1, 0.15) is 0 Å². The van der Waals surface area contributed by atoms with Gasteiger partial charge in [-0.25, -0.2) is 0 Å². The first-order valence-electron chi connectivity index (χ1n) is 6.79. The van der Waals surface area contributed by atoms with Gasteiger partial charge >= 0.3 is 0 Å². The SMILES string of the molecule is CC(NCC1CSc2ccccc21)C1CCC1. The highest BCUT2D eigenvalue weighted by molar-refractivity contribution is 7.99. The standard InChI is InChI=1S/C15H21NS/c1-11(12-5-4-6-12)16-9-13-10-17-15-8-3-2-7-14(13)15/h2-3,7-8,11-13,16H,4-6,9-10H2,1H3. The normalized spacial score (nSPS) is 25.4. The van der Waals surface area contributed by atoms with Gasteiger partial charge in [-0.3, -0.25) is 0 Å². The van der Waals surface area contributed by atoms with Gasteiger partial charge < -0.3 is 5.32 Å². The van der Waals surface area contributed by atoms with E-state index in [1.54, 1.807) is 5.56 Å². The molecule has 1 aliphatic carbocycles. The zero-order chi connectivity index (χ0) is 11.7. The lowest BCUT2D eigenvalue weighted by molar-refractivity contribution is 0.239. The van der Waals surface area contributed by atoms with Crippen LogP contribution in [0.1, 0.15) is 37.7 Å². The zero-order valence-corrected chi connectivity index (χ0v) is 11.3. The summed E-state index contributed by atoms with van der Waals surface area (Å²) < 4.78 is 0. The third kappa shape index (κ3) is 2.38. The Kier molecular flexibility index (Phi) is 3.44. The number of thioether (sulfide) groups is 1. The van der Waals surface area contributed by atoms with E-state index < -0.39 is 0 Å². The van der Waals surface area contributed by atoms with Crippen molar-refractivity contribution in [3.8, 4) is 0 Å². The molecule has 1 aromatic carbocycles. The van der Waals surface area contributed by atoms with Gasteiger partial charge in [-0.1, -0.05) is 24.6 Å². The van der Waals surface area contributed by atoms with Crippen molar-refractivity contribution in [2.24, 2.45) is 5.92 Å². The molecule has 0 bridgehead atoms. The summed E-state index contributed by atoms with van der Waals surface area (Å²) in [7, 11) is 0. The molecule has 3 rings (SSSR count). The van der Waals surface area contributed by atoms with Crippen molar-refractivity contribution in [1.82, 2.24) is 5.32 Å². The van der Waals surface area contributed by atoms with E-state index in [1.807, 2.05) is 11.8 Å². The van der Waals surface area contributed by atoms with Crippen molar-refractivity contribution in [1.29, 1.82) is 0 Å². The van der Waals surface area contributed by atoms with Crippen molar-refractivity contribution in [2.45, 2.75) is 43.0 Å². The second-order valence-corrected chi connectivity index (χ2v) is 6.50. The highest BCUT2D eigenvalue weighted by atomic mass is 32.2. The molecule has 2 aliphatic rings. The third-order valence-electron chi connectivity index (χ3n) is 4.34. The summed E-state index contributed by atoms with van der Waals surface area (Å²) >= 11 is 2.02. The molecule has 0 spiro atoms. The van der Waals surface area contributed by atoms with Crippen LogP contribution in [0.15, 0.2) is 29.2 Å². The first-order chi connectivity index (χ1) is 8.34. The number of hydrogen-bond acceptors (Lipinski definition) is 2. The van der Waals surface area contributed by atoms with Gasteiger partial charge in [0, 0.05) is 29.2 Å². The van der Waals surface area contributed by atoms with Crippen LogP contribution in [-0.4, -0.2) is 18.3 Å². The van der Waals surface area contributed by atoms with E-state index in [1.165, 1.54) is 29.9 Å². The van der Waals surface area contributed by atoms with Crippen molar-refractivity contribution in [3.05, 3.63) is 29.8 Å². The van der Waals surface area contributed by atoms with Gasteiger partial charge in [0.2, 0.25) is 0 Å². The molecule has 0 saturated heterocycles. The van der Waals surface area contributed by atoms with Crippen LogP contribution >= 0.6 is 11.8 Å². The van der Waals surface area contributed by atoms with Crippen LogP contribution in [0.5, 0.6) is 0 Å². The van der Waals surface area contributed by atoms with Crippen LogP contribution in [0, 0.1) is 5.92 Å². The Morgan fingerprint density at radius 2 is 2.18 bits per heavy atom. The van der Waals surface area contributed by atoms with Crippen molar-refractivity contribution < 1.29 is 0 Å². The highest BCUT2D eigenvalue weighted by Crippen LogP contribution is 2.39. The number of hydrogen-bond donors (Lipinski definition) is 1. The molecule has 17 heavy (non-hydrogen) atoms. The van der Waals surface area contributed by atoms with Gasteiger partial charge in [0.25, 0.3) is 0 Å². The molecule has 1 fully saturated rings. The summed E-state index contributed by atoms with van der Waals surface area (Å²) in [6.45, 7) is 3.51. The van der Waals surface area contributed by atoms with Crippen molar-refractivity contribution in [3.63, 3.8) is 0 Å². The molecule has 1 aliphatic heterocycles.